The Bertz CT molecular complexity index is 1170. The lowest BCUT2D eigenvalue weighted by Crippen LogP contribution is -2.37. The number of esters is 1. The minimum absolute atomic E-state index is 0.0916. The van der Waals surface area contributed by atoms with Crippen molar-refractivity contribution < 1.29 is 37.3 Å². The average Bonchev–Trinajstić information content (AvgIpc) is 3.32. The summed E-state index contributed by atoms with van der Waals surface area (Å²) in [6.45, 7) is 5.69. The molecule has 0 spiro atoms. The monoisotopic (exact) mass is 1010 g/mol. The second-order valence-corrected chi connectivity index (χ2v) is 23.5. The number of phosphoric ester groups is 1. The molecule has 0 saturated carbocycles. The molecule has 0 aliphatic heterocycles. The van der Waals surface area contributed by atoms with Crippen molar-refractivity contribution in [1.29, 1.82) is 0 Å². The highest BCUT2D eigenvalue weighted by Crippen LogP contribution is 2.43. The fourth-order valence-corrected chi connectivity index (χ4v) is 9.80. The molecule has 0 fully saturated rings. The second-order valence-electron chi connectivity index (χ2n) is 22.1. The van der Waals surface area contributed by atoms with Gasteiger partial charge in [-0.1, -0.05) is 276 Å². The van der Waals surface area contributed by atoms with Gasteiger partial charge in [0.15, 0.2) is 0 Å². The highest BCUT2D eigenvalue weighted by Gasteiger charge is 2.26. The molecule has 9 heteroatoms. The number of unbranched alkanes of at least 4 members (excludes halogenated alkanes) is 40. The van der Waals surface area contributed by atoms with Gasteiger partial charge in [-0.3, -0.25) is 13.8 Å². The van der Waals surface area contributed by atoms with E-state index in [4.69, 9.17) is 18.5 Å². The van der Waals surface area contributed by atoms with Crippen LogP contribution in [0.2, 0.25) is 0 Å². The molecule has 0 rings (SSSR count). The first-order valence-electron chi connectivity index (χ1n) is 30.6. The van der Waals surface area contributed by atoms with E-state index in [1.807, 2.05) is 21.1 Å². The number of carbonyl (C=O) groups is 1. The Labute approximate surface area is 436 Å². The molecule has 0 saturated heterocycles. The first-order valence-corrected chi connectivity index (χ1v) is 32.1. The van der Waals surface area contributed by atoms with E-state index >= 15 is 0 Å². The van der Waals surface area contributed by atoms with Crippen LogP contribution in [0.1, 0.15) is 303 Å². The SMILES string of the molecule is CCCCCCC/C=C\C/C=C\CCCCCCCCCCCCCCCC(=O)OC(COCCCCCCCCCCCCCCCCCCCCCCCCC)COP(=O)(O)OCC[N+](C)(C)C. The van der Waals surface area contributed by atoms with Crippen LogP contribution >= 0.6 is 7.82 Å². The Hall–Kier alpha value is -1.02. The highest BCUT2D eigenvalue weighted by molar-refractivity contribution is 7.47. The maximum absolute atomic E-state index is 12.8. The van der Waals surface area contributed by atoms with Crippen LogP contribution in [0, 0.1) is 0 Å². The molecule has 70 heavy (non-hydrogen) atoms. The van der Waals surface area contributed by atoms with E-state index in [0.29, 0.717) is 24.1 Å². The van der Waals surface area contributed by atoms with Gasteiger partial charge in [0.1, 0.15) is 19.3 Å². The fraction of sp³-hybridized carbons (Fsp3) is 0.918. The predicted molar refractivity (Wildman–Crippen MR) is 303 cm³/mol. The normalized spacial score (nSPS) is 13.5. The lowest BCUT2D eigenvalue weighted by molar-refractivity contribution is -0.870. The van der Waals surface area contributed by atoms with Gasteiger partial charge < -0.3 is 18.9 Å². The molecule has 2 unspecified atom stereocenters. The zero-order chi connectivity index (χ0) is 51.2. The van der Waals surface area contributed by atoms with Crippen LogP contribution < -0.4 is 0 Å². The Kier molecular flexibility index (Phi) is 53.5. The maximum Gasteiger partial charge on any atom is 0.472 e. The van der Waals surface area contributed by atoms with Crippen molar-refractivity contribution >= 4 is 13.8 Å². The second kappa shape index (κ2) is 54.2. The quantitative estimate of drug-likeness (QED) is 0.0213. The average molecular weight is 1010 g/mol. The largest absolute Gasteiger partial charge is 0.472 e. The van der Waals surface area contributed by atoms with Crippen LogP contribution in [-0.4, -0.2) is 75.6 Å². The molecular formula is C61H121NO7P+. The van der Waals surface area contributed by atoms with E-state index in [1.54, 1.807) is 0 Å². The molecule has 0 aromatic rings. The summed E-state index contributed by atoms with van der Waals surface area (Å²) in [5.74, 6) is -0.307. The third-order valence-corrected chi connectivity index (χ3v) is 14.7. The van der Waals surface area contributed by atoms with Gasteiger partial charge in [-0.05, 0) is 44.9 Å². The zero-order valence-electron chi connectivity index (χ0n) is 47.5. The van der Waals surface area contributed by atoms with Crippen LogP contribution in [0.5, 0.6) is 0 Å². The molecule has 0 radical (unpaired) electrons. The van der Waals surface area contributed by atoms with Gasteiger partial charge in [0.25, 0.3) is 0 Å². The summed E-state index contributed by atoms with van der Waals surface area (Å²) in [5, 5.41) is 0. The zero-order valence-corrected chi connectivity index (χ0v) is 48.4. The summed E-state index contributed by atoms with van der Waals surface area (Å²) in [6, 6.07) is 0. The van der Waals surface area contributed by atoms with Crippen molar-refractivity contribution in [3.05, 3.63) is 24.3 Å². The van der Waals surface area contributed by atoms with Gasteiger partial charge >= 0.3 is 13.8 Å². The van der Waals surface area contributed by atoms with Gasteiger partial charge in [0.05, 0.1) is 34.4 Å². The molecule has 0 aromatic carbocycles. The third-order valence-electron chi connectivity index (χ3n) is 13.8. The number of hydrogen-bond donors (Lipinski definition) is 1. The van der Waals surface area contributed by atoms with Crippen molar-refractivity contribution in [1.82, 2.24) is 0 Å². The Morgan fingerprint density at radius 3 is 1.16 bits per heavy atom. The van der Waals surface area contributed by atoms with Crippen LogP contribution in [0.4, 0.5) is 0 Å². The van der Waals surface area contributed by atoms with Crippen molar-refractivity contribution in [2.24, 2.45) is 0 Å². The number of likely N-dealkylation sites (N-methyl/N-ethyl adjacent to an activating group) is 1. The van der Waals surface area contributed by atoms with Gasteiger partial charge in [-0.15, -0.1) is 0 Å². The van der Waals surface area contributed by atoms with Crippen molar-refractivity contribution in [2.75, 3.05) is 54.1 Å². The van der Waals surface area contributed by atoms with Crippen molar-refractivity contribution in [3.8, 4) is 0 Å². The van der Waals surface area contributed by atoms with Crippen molar-refractivity contribution in [3.63, 3.8) is 0 Å². The van der Waals surface area contributed by atoms with Crippen molar-refractivity contribution in [2.45, 2.75) is 309 Å². The Morgan fingerprint density at radius 2 is 0.786 bits per heavy atom. The molecule has 0 heterocycles. The van der Waals surface area contributed by atoms with E-state index in [1.165, 1.54) is 244 Å². The van der Waals surface area contributed by atoms with Crippen LogP contribution in [0.3, 0.4) is 0 Å². The summed E-state index contributed by atoms with van der Waals surface area (Å²) in [7, 11) is 1.69. The number of allylic oxidation sites excluding steroid dienone is 4. The minimum Gasteiger partial charge on any atom is -0.457 e. The van der Waals surface area contributed by atoms with Gasteiger partial charge in [-0.2, -0.15) is 0 Å². The number of carbonyl (C=O) groups excluding carboxylic acids is 1. The molecule has 0 bridgehead atoms. The molecule has 0 aromatic heterocycles. The number of rotatable bonds is 58. The number of ether oxygens (including phenoxy) is 2. The topological polar surface area (TPSA) is 91.3 Å². The molecule has 416 valence electrons. The maximum atomic E-state index is 12.8. The third kappa shape index (κ3) is 57.9. The number of phosphoric acid groups is 1. The summed E-state index contributed by atoms with van der Waals surface area (Å²) in [5.41, 5.74) is 0. The fourth-order valence-electron chi connectivity index (χ4n) is 9.06. The van der Waals surface area contributed by atoms with E-state index in [2.05, 4.69) is 38.2 Å². The summed E-state index contributed by atoms with van der Waals surface area (Å²) in [4.78, 5) is 23.1. The summed E-state index contributed by atoms with van der Waals surface area (Å²) < 4.78 is 35.3. The minimum atomic E-state index is -4.28. The Morgan fingerprint density at radius 1 is 0.443 bits per heavy atom. The molecule has 0 aliphatic rings. The smallest absolute Gasteiger partial charge is 0.457 e. The molecule has 2 atom stereocenters. The van der Waals surface area contributed by atoms with E-state index in [-0.39, 0.29) is 25.8 Å². The molecule has 0 aliphatic carbocycles. The standard InChI is InChI=1S/C61H120NO7P/c1-6-8-10-12-14-16-18-20-22-24-26-28-30-31-32-34-36-38-40-42-44-46-48-50-52-54-61(63)69-60(59-68-70(64,65)67-57-55-62(3,4)5)58-66-56-53-51-49-47-45-43-41-39-37-35-33-29-27-25-23-21-19-17-15-13-11-9-7-2/h18,20,24,26,60H,6-17,19,21-23,25,27-59H2,1-5H3/p+1/b20-18-,26-24-. The van der Waals surface area contributed by atoms with Gasteiger partial charge in [-0.25, -0.2) is 4.57 Å². The lowest BCUT2D eigenvalue weighted by Gasteiger charge is -2.24. The lowest BCUT2D eigenvalue weighted by atomic mass is 10.0. The van der Waals surface area contributed by atoms with Crippen LogP contribution in [0.25, 0.3) is 0 Å². The molecule has 1 N–H and O–H groups in total. The summed E-state index contributed by atoms with van der Waals surface area (Å²) in [6.07, 6.45) is 66.8. The first kappa shape index (κ1) is 69.0. The molecule has 0 amide bonds. The Balaban J connectivity index is 4.00. The van der Waals surface area contributed by atoms with E-state index < -0.39 is 13.9 Å². The highest BCUT2D eigenvalue weighted by atomic mass is 31.2. The number of quaternary nitrogens is 1. The van der Waals surface area contributed by atoms with E-state index in [9.17, 15) is 14.3 Å². The van der Waals surface area contributed by atoms with Gasteiger partial charge in [0.2, 0.25) is 0 Å². The predicted octanol–water partition coefficient (Wildman–Crippen LogP) is 19.5. The van der Waals surface area contributed by atoms with Crippen LogP contribution in [-0.2, 0) is 27.9 Å². The molecule has 8 nitrogen and oxygen atoms in total. The molecular weight excluding hydrogens is 890 g/mol. The number of nitrogens with zero attached hydrogens (tertiary/aromatic N) is 1. The van der Waals surface area contributed by atoms with Gasteiger partial charge in [0, 0.05) is 13.0 Å². The number of hydrogen-bond acceptors (Lipinski definition) is 6. The van der Waals surface area contributed by atoms with Crippen LogP contribution in [0.15, 0.2) is 24.3 Å². The summed E-state index contributed by atoms with van der Waals surface area (Å²) >= 11 is 0. The first-order chi connectivity index (χ1) is 34.1. The van der Waals surface area contributed by atoms with E-state index in [0.717, 1.165) is 38.5 Å².